The monoisotopic (exact) mass is 243 g/mol. The summed E-state index contributed by atoms with van der Waals surface area (Å²) in [6.45, 7) is -0.938. The minimum Gasteiger partial charge on any atom is -0.370 e. The van der Waals surface area contributed by atoms with Crippen molar-refractivity contribution in [2.24, 2.45) is 0 Å². The third kappa shape index (κ3) is 3.20. The number of alkyl halides is 3. The number of hydrogen-bond acceptors (Lipinski definition) is 2. The minimum absolute atomic E-state index is 0.0175. The van der Waals surface area contributed by atoms with Crippen LogP contribution in [-0.4, -0.2) is 28.9 Å². The topological polar surface area (TPSA) is 27.1 Å². The molecule has 0 amide bonds. The van der Waals surface area contributed by atoms with Gasteiger partial charge in [-0.1, -0.05) is 12.1 Å². The van der Waals surface area contributed by atoms with Gasteiger partial charge < -0.3 is 9.30 Å². The van der Waals surface area contributed by atoms with Crippen LogP contribution in [0.2, 0.25) is 0 Å². The van der Waals surface area contributed by atoms with Gasteiger partial charge in [0.15, 0.2) is 6.33 Å². The number of rotatable bonds is 4. The van der Waals surface area contributed by atoms with Gasteiger partial charge in [0.05, 0.1) is 17.6 Å². The Morgan fingerprint density at radius 3 is 2.82 bits per heavy atom. The van der Waals surface area contributed by atoms with E-state index in [9.17, 15) is 13.2 Å². The van der Waals surface area contributed by atoms with Crippen LogP contribution in [0.25, 0.3) is 11.0 Å². The molecule has 6 heteroatoms. The van der Waals surface area contributed by atoms with Gasteiger partial charge in [0, 0.05) is 6.54 Å². The molecule has 0 aliphatic carbocycles. The van der Waals surface area contributed by atoms with Crippen molar-refractivity contribution in [2.75, 3.05) is 13.2 Å². The van der Waals surface area contributed by atoms with Gasteiger partial charge in [0.25, 0.3) is 0 Å². The molecule has 17 heavy (non-hydrogen) atoms. The summed E-state index contributed by atoms with van der Waals surface area (Å²) in [5, 5.41) is 0. The van der Waals surface area contributed by atoms with E-state index in [2.05, 4.69) is 16.0 Å². The number of ether oxygens (including phenoxy) is 1. The number of para-hydroxylation sites is 2. The number of aromatic nitrogens is 2. The lowest BCUT2D eigenvalue weighted by Crippen LogP contribution is -2.18. The Morgan fingerprint density at radius 1 is 1.29 bits per heavy atom. The summed E-state index contributed by atoms with van der Waals surface area (Å²) in [6.07, 6.45) is -1.56. The Bertz CT molecular complexity index is 493. The van der Waals surface area contributed by atoms with E-state index >= 15 is 0 Å². The summed E-state index contributed by atoms with van der Waals surface area (Å²) in [6, 6.07) is 7.33. The molecular formula is C11H10F3N2O. The fourth-order valence-corrected chi connectivity index (χ4v) is 1.47. The van der Waals surface area contributed by atoms with Crippen LogP contribution in [0.1, 0.15) is 0 Å². The zero-order valence-corrected chi connectivity index (χ0v) is 8.87. The molecule has 0 bridgehead atoms. The van der Waals surface area contributed by atoms with E-state index < -0.39 is 12.8 Å². The summed E-state index contributed by atoms with van der Waals surface area (Å²) in [7, 11) is 0. The molecule has 2 aromatic rings. The van der Waals surface area contributed by atoms with E-state index in [1.54, 1.807) is 4.57 Å². The van der Waals surface area contributed by atoms with Crippen molar-refractivity contribution in [1.29, 1.82) is 0 Å². The molecule has 0 saturated carbocycles. The highest BCUT2D eigenvalue weighted by Crippen LogP contribution is 2.15. The molecule has 0 aliphatic rings. The molecule has 0 aliphatic heterocycles. The van der Waals surface area contributed by atoms with E-state index in [1.165, 1.54) is 0 Å². The van der Waals surface area contributed by atoms with E-state index in [1.807, 2.05) is 24.3 Å². The highest BCUT2D eigenvalue weighted by molar-refractivity contribution is 5.74. The zero-order valence-electron chi connectivity index (χ0n) is 8.87. The van der Waals surface area contributed by atoms with Crippen molar-refractivity contribution in [1.82, 2.24) is 9.55 Å². The van der Waals surface area contributed by atoms with Gasteiger partial charge in [0.2, 0.25) is 0 Å². The first-order valence-electron chi connectivity index (χ1n) is 5.04. The number of fused-ring (bicyclic) bond motifs is 1. The Balaban J connectivity index is 1.91. The second-order valence-electron chi connectivity index (χ2n) is 3.52. The van der Waals surface area contributed by atoms with E-state index in [-0.39, 0.29) is 6.61 Å². The maximum absolute atomic E-state index is 11.8. The molecule has 1 radical (unpaired) electrons. The molecular weight excluding hydrogens is 233 g/mol. The van der Waals surface area contributed by atoms with Crippen molar-refractivity contribution < 1.29 is 17.9 Å². The van der Waals surface area contributed by atoms with Crippen LogP contribution in [0.3, 0.4) is 0 Å². The minimum atomic E-state index is -4.28. The Hall–Kier alpha value is -1.56. The molecule has 0 N–H and O–H groups in total. The third-order valence-electron chi connectivity index (χ3n) is 2.19. The van der Waals surface area contributed by atoms with Gasteiger partial charge in [-0.15, -0.1) is 0 Å². The number of halogens is 3. The largest absolute Gasteiger partial charge is 0.411 e. The summed E-state index contributed by atoms with van der Waals surface area (Å²) < 4.78 is 41.6. The first-order chi connectivity index (χ1) is 8.06. The summed E-state index contributed by atoms with van der Waals surface area (Å²) >= 11 is 0. The molecule has 1 aromatic carbocycles. The van der Waals surface area contributed by atoms with E-state index in [0.717, 1.165) is 11.0 Å². The van der Waals surface area contributed by atoms with Crippen molar-refractivity contribution in [3.63, 3.8) is 0 Å². The van der Waals surface area contributed by atoms with E-state index in [4.69, 9.17) is 0 Å². The van der Waals surface area contributed by atoms with Crippen molar-refractivity contribution in [2.45, 2.75) is 12.7 Å². The molecule has 1 heterocycles. The summed E-state index contributed by atoms with van der Waals surface area (Å²) in [4.78, 5) is 4.01. The molecule has 2 rings (SSSR count). The molecule has 1 aromatic heterocycles. The van der Waals surface area contributed by atoms with Crippen LogP contribution < -0.4 is 0 Å². The highest BCUT2D eigenvalue weighted by atomic mass is 19.4. The molecule has 0 fully saturated rings. The maximum Gasteiger partial charge on any atom is 0.411 e. The third-order valence-corrected chi connectivity index (χ3v) is 2.19. The fourth-order valence-electron chi connectivity index (χ4n) is 1.47. The standard InChI is InChI=1S/C11H10F3N2O/c12-11(13,14)7-17-6-5-16-8-15-9-3-1-2-4-10(9)16/h1-4H,5-7H2. The molecule has 0 atom stereocenters. The number of benzene rings is 1. The normalized spacial score (nSPS) is 12.2. The lowest BCUT2D eigenvalue weighted by atomic mass is 10.3. The second kappa shape index (κ2) is 4.75. The average Bonchev–Trinajstić information content (AvgIpc) is 2.67. The first kappa shape index (κ1) is 11.9. The van der Waals surface area contributed by atoms with Gasteiger partial charge in [-0.2, -0.15) is 13.2 Å². The second-order valence-corrected chi connectivity index (χ2v) is 3.52. The van der Waals surface area contributed by atoms with Crippen LogP contribution in [-0.2, 0) is 11.3 Å². The molecule has 3 nitrogen and oxygen atoms in total. The van der Waals surface area contributed by atoms with Gasteiger partial charge in [-0.3, -0.25) is 0 Å². The van der Waals surface area contributed by atoms with Crippen LogP contribution in [0, 0.1) is 6.33 Å². The van der Waals surface area contributed by atoms with Crippen LogP contribution in [0.4, 0.5) is 13.2 Å². The average molecular weight is 243 g/mol. The van der Waals surface area contributed by atoms with Crippen LogP contribution >= 0.6 is 0 Å². The van der Waals surface area contributed by atoms with Gasteiger partial charge in [-0.25, -0.2) is 4.98 Å². The molecule has 0 unspecified atom stereocenters. The van der Waals surface area contributed by atoms with Gasteiger partial charge in [0.1, 0.15) is 6.61 Å². The van der Waals surface area contributed by atoms with Gasteiger partial charge in [-0.05, 0) is 12.1 Å². The van der Waals surface area contributed by atoms with Gasteiger partial charge >= 0.3 is 6.18 Å². The lowest BCUT2D eigenvalue weighted by molar-refractivity contribution is -0.174. The Kier molecular flexibility index (Phi) is 3.33. The quantitative estimate of drug-likeness (QED) is 0.771. The lowest BCUT2D eigenvalue weighted by Gasteiger charge is -2.08. The first-order valence-corrected chi connectivity index (χ1v) is 5.04. The van der Waals surface area contributed by atoms with Crippen molar-refractivity contribution in [3.05, 3.63) is 30.6 Å². The van der Waals surface area contributed by atoms with Crippen LogP contribution in [0.5, 0.6) is 0 Å². The van der Waals surface area contributed by atoms with E-state index in [0.29, 0.717) is 6.54 Å². The summed E-state index contributed by atoms with van der Waals surface area (Å²) in [5.74, 6) is 0. The molecule has 91 valence electrons. The number of hydrogen-bond donors (Lipinski definition) is 0. The SMILES string of the molecule is FC(F)(F)COCCn1[c]nc2ccccc21. The fraction of sp³-hybridized carbons (Fsp3) is 0.364. The highest BCUT2D eigenvalue weighted by Gasteiger charge is 2.27. The number of nitrogens with zero attached hydrogens (tertiary/aromatic N) is 2. The Morgan fingerprint density at radius 2 is 2.06 bits per heavy atom. The maximum atomic E-state index is 11.8. The van der Waals surface area contributed by atoms with Crippen molar-refractivity contribution in [3.8, 4) is 0 Å². The number of imidazole rings is 1. The molecule has 0 spiro atoms. The Labute approximate surface area is 95.8 Å². The zero-order chi connectivity index (χ0) is 12.3. The summed E-state index contributed by atoms with van der Waals surface area (Å²) in [5.41, 5.74) is 1.60. The van der Waals surface area contributed by atoms with Crippen molar-refractivity contribution >= 4 is 11.0 Å². The van der Waals surface area contributed by atoms with Crippen LogP contribution in [0.15, 0.2) is 24.3 Å². The predicted octanol–water partition coefficient (Wildman–Crippen LogP) is 2.42. The molecule has 0 saturated heterocycles. The smallest absolute Gasteiger partial charge is 0.370 e. The predicted molar refractivity (Wildman–Crippen MR) is 55.4 cm³/mol.